The molecule has 0 aromatic heterocycles. The molecular weight excluding hydrogens is 274 g/mol. The smallest absolute Gasteiger partial charge is 0.240 e. The van der Waals surface area contributed by atoms with Crippen LogP contribution in [0.2, 0.25) is 0 Å². The molecule has 1 heterocycles. The largest absolute Gasteiger partial charge is 0.385 e. The summed E-state index contributed by atoms with van der Waals surface area (Å²) in [5.41, 5.74) is 0.934. The Kier molecular flexibility index (Phi) is 5.39. The van der Waals surface area contributed by atoms with Crippen molar-refractivity contribution in [3.05, 3.63) is 24.3 Å². The fourth-order valence-electron chi connectivity index (χ4n) is 2.38. The summed E-state index contributed by atoms with van der Waals surface area (Å²) in [5.74, 6) is 0. The number of anilines is 1. The third-order valence-electron chi connectivity index (χ3n) is 3.46. The van der Waals surface area contributed by atoms with Crippen molar-refractivity contribution in [1.82, 2.24) is 9.62 Å². The van der Waals surface area contributed by atoms with Crippen LogP contribution in [0.4, 0.5) is 5.69 Å². The van der Waals surface area contributed by atoms with Crippen LogP contribution in [0.1, 0.15) is 19.8 Å². The molecule has 20 heavy (non-hydrogen) atoms. The molecule has 1 fully saturated rings. The second-order valence-electron chi connectivity index (χ2n) is 5.00. The van der Waals surface area contributed by atoms with E-state index >= 15 is 0 Å². The molecule has 2 rings (SSSR count). The molecule has 0 bridgehead atoms. The Morgan fingerprint density at radius 2 is 1.80 bits per heavy atom. The molecule has 0 radical (unpaired) electrons. The average molecular weight is 297 g/mol. The maximum Gasteiger partial charge on any atom is 0.240 e. The molecule has 0 amide bonds. The number of nitrogens with zero attached hydrogens (tertiary/aromatic N) is 1. The van der Waals surface area contributed by atoms with Crippen LogP contribution in [0, 0.1) is 0 Å². The quantitative estimate of drug-likeness (QED) is 0.800. The third kappa shape index (κ3) is 4.19. The van der Waals surface area contributed by atoms with Crippen molar-refractivity contribution in [3.8, 4) is 0 Å². The van der Waals surface area contributed by atoms with Gasteiger partial charge in [0.15, 0.2) is 0 Å². The molecule has 2 N–H and O–H groups in total. The van der Waals surface area contributed by atoms with Crippen LogP contribution in [0.3, 0.4) is 0 Å². The molecule has 0 unspecified atom stereocenters. The maximum atomic E-state index is 12.1. The van der Waals surface area contributed by atoms with Crippen LogP contribution in [0.15, 0.2) is 29.2 Å². The number of nitrogens with one attached hydrogen (secondary N) is 2. The monoisotopic (exact) mass is 297 g/mol. The van der Waals surface area contributed by atoms with Gasteiger partial charge in [0, 0.05) is 25.3 Å². The second-order valence-corrected chi connectivity index (χ2v) is 6.77. The first kappa shape index (κ1) is 15.3. The fraction of sp³-hybridized carbons (Fsp3) is 0.571. The number of sulfonamides is 1. The molecule has 1 saturated heterocycles. The van der Waals surface area contributed by atoms with Gasteiger partial charge in [0.25, 0.3) is 0 Å². The lowest BCUT2D eigenvalue weighted by atomic mass is 10.3. The molecule has 1 aliphatic rings. The van der Waals surface area contributed by atoms with Gasteiger partial charge < -0.3 is 10.2 Å². The van der Waals surface area contributed by atoms with Crippen molar-refractivity contribution < 1.29 is 8.42 Å². The molecule has 1 aromatic rings. The predicted octanol–water partition coefficient (Wildman–Crippen LogP) is 1.49. The highest BCUT2D eigenvalue weighted by molar-refractivity contribution is 7.89. The number of hydrogen-bond donors (Lipinski definition) is 2. The van der Waals surface area contributed by atoms with E-state index in [1.807, 2.05) is 6.92 Å². The molecule has 1 aromatic carbocycles. The number of benzene rings is 1. The van der Waals surface area contributed by atoms with Crippen LogP contribution >= 0.6 is 0 Å². The lowest BCUT2D eigenvalue weighted by molar-refractivity contribution is 0.344. The van der Waals surface area contributed by atoms with Gasteiger partial charge in [-0.25, -0.2) is 13.1 Å². The van der Waals surface area contributed by atoms with Gasteiger partial charge in [-0.2, -0.15) is 0 Å². The zero-order valence-corrected chi connectivity index (χ0v) is 12.7. The van der Waals surface area contributed by atoms with Crippen molar-refractivity contribution in [2.45, 2.75) is 24.7 Å². The Morgan fingerprint density at radius 3 is 2.40 bits per heavy atom. The number of hydrogen-bond acceptors (Lipinski definition) is 4. The molecular formula is C14H23N3O2S. The normalized spacial score (nSPS) is 16.4. The highest BCUT2D eigenvalue weighted by atomic mass is 32.2. The Hall–Kier alpha value is -1.11. The topological polar surface area (TPSA) is 61.4 Å². The van der Waals surface area contributed by atoms with Crippen molar-refractivity contribution in [2.24, 2.45) is 0 Å². The number of rotatable bonds is 7. The molecule has 0 saturated carbocycles. The predicted molar refractivity (Wildman–Crippen MR) is 81.5 cm³/mol. The summed E-state index contributed by atoms with van der Waals surface area (Å²) in [5, 5.41) is 3.14. The molecule has 0 atom stereocenters. The van der Waals surface area contributed by atoms with E-state index in [2.05, 4.69) is 14.9 Å². The fourth-order valence-corrected chi connectivity index (χ4v) is 3.40. The van der Waals surface area contributed by atoms with Gasteiger partial charge >= 0.3 is 0 Å². The maximum absolute atomic E-state index is 12.1. The first-order valence-electron chi connectivity index (χ1n) is 7.18. The van der Waals surface area contributed by atoms with Crippen molar-refractivity contribution in [3.63, 3.8) is 0 Å². The molecule has 1 aliphatic heterocycles. The Labute approximate surface area is 121 Å². The zero-order chi connectivity index (χ0) is 14.4. The minimum atomic E-state index is -3.39. The first-order chi connectivity index (χ1) is 9.62. The van der Waals surface area contributed by atoms with E-state index in [9.17, 15) is 8.42 Å². The van der Waals surface area contributed by atoms with Crippen molar-refractivity contribution in [1.29, 1.82) is 0 Å². The van der Waals surface area contributed by atoms with Gasteiger partial charge in [-0.05, 0) is 57.1 Å². The van der Waals surface area contributed by atoms with Crippen LogP contribution < -0.4 is 10.0 Å². The van der Waals surface area contributed by atoms with Gasteiger partial charge in [0.1, 0.15) is 0 Å². The van der Waals surface area contributed by atoms with Gasteiger partial charge in [-0.15, -0.1) is 0 Å². The van der Waals surface area contributed by atoms with Crippen molar-refractivity contribution in [2.75, 3.05) is 38.0 Å². The minimum absolute atomic E-state index is 0.320. The second kappa shape index (κ2) is 7.06. The Balaban J connectivity index is 1.88. The molecule has 112 valence electrons. The van der Waals surface area contributed by atoms with Crippen LogP contribution in [-0.4, -0.2) is 46.0 Å². The summed E-state index contributed by atoms with van der Waals surface area (Å²) in [7, 11) is -3.39. The van der Waals surface area contributed by atoms with Crippen LogP contribution in [0.5, 0.6) is 0 Å². The van der Waals surface area contributed by atoms with Gasteiger partial charge in [0.05, 0.1) is 4.90 Å². The summed E-state index contributed by atoms with van der Waals surface area (Å²) in [6, 6.07) is 6.85. The van der Waals surface area contributed by atoms with E-state index in [4.69, 9.17) is 0 Å². The van der Waals surface area contributed by atoms with Gasteiger partial charge in [0.2, 0.25) is 10.0 Å². The summed E-state index contributed by atoms with van der Waals surface area (Å²) < 4.78 is 26.9. The van der Waals surface area contributed by atoms with E-state index in [-0.39, 0.29) is 0 Å². The van der Waals surface area contributed by atoms with Crippen LogP contribution in [0.25, 0.3) is 0 Å². The first-order valence-corrected chi connectivity index (χ1v) is 8.66. The third-order valence-corrected chi connectivity index (χ3v) is 4.94. The van der Waals surface area contributed by atoms with Gasteiger partial charge in [-0.1, -0.05) is 0 Å². The molecule has 5 nitrogen and oxygen atoms in total. The summed E-state index contributed by atoms with van der Waals surface area (Å²) in [6.07, 6.45) is 2.44. The molecule has 0 aliphatic carbocycles. The average Bonchev–Trinajstić information content (AvgIpc) is 2.93. The minimum Gasteiger partial charge on any atom is -0.385 e. The van der Waals surface area contributed by atoms with E-state index < -0.39 is 10.0 Å². The summed E-state index contributed by atoms with van der Waals surface area (Å²) in [4.78, 5) is 2.61. The molecule has 6 heteroatoms. The highest BCUT2D eigenvalue weighted by Crippen LogP contribution is 2.13. The summed E-state index contributed by atoms with van der Waals surface area (Å²) >= 11 is 0. The van der Waals surface area contributed by atoms with E-state index in [0.717, 1.165) is 31.9 Å². The Bertz CT molecular complexity index is 508. The zero-order valence-electron chi connectivity index (χ0n) is 11.9. The van der Waals surface area contributed by atoms with E-state index in [0.29, 0.717) is 11.4 Å². The van der Waals surface area contributed by atoms with Crippen molar-refractivity contribution >= 4 is 15.7 Å². The lowest BCUT2D eigenvalue weighted by Crippen LogP contribution is -2.33. The number of likely N-dealkylation sites (tertiary alicyclic amines) is 1. The van der Waals surface area contributed by atoms with Crippen LogP contribution in [-0.2, 0) is 10.0 Å². The summed E-state index contributed by atoms with van der Waals surface area (Å²) in [6.45, 7) is 6.25. The molecule has 0 spiro atoms. The standard InChI is InChI=1S/C14H23N3O2S/c1-2-15-13-5-7-14(8-6-13)20(18,19)16-9-12-17-10-3-4-11-17/h5-8,15-16H,2-4,9-12H2,1H3. The van der Waals surface area contributed by atoms with E-state index in [1.54, 1.807) is 24.3 Å². The Morgan fingerprint density at radius 1 is 1.15 bits per heavy atom. The van der Waals surface area contributed by atoms with E-state index in [1.165, 1.54) is 12.8 Å². The SMILES string of the molecule is CCNc1ccc(S(=O)(=O)NCCN2CCCC2)cc1. The van der Waals surface area contributed by atoms with Gasteiger partial charge in [-0.3, -0.25) is 0 Å². The highest BCUT2D eigenvalue weighted by Gasteiger charge is 2.15. The lowest BCUT2D eigenvalue weighted by Gasteiger charge is -2.15.